The zero-order chi connectivity index (χ0) is 13.4. The Kier molecular flexibility index (Phi) is 5.07. The molecule has 0 aliphatic carbocycles. The molecular formula is C10H10ClF6N. The van der Waals surface area contributed by atoms with Gasteiger partial charge in [0.1, 0.15) is 11.9 Å². The molecule has 0 aliphatic heterocycles. The maximum absolute atomic E-state index is 12.9. The molecule has 1 atom stereocenters. The van der Waals surface area contributed by atoms with Gasteiger partial charge in [-0.2, -0.15) is 22.0 Å². The van der Waals surface area contributed by atoms with Crippen LogP contribution in [0.2, 0.25) is 0 Å². The largest absolute Gasteiger partial charge is 0.455 e. The molecule has 0 unspecified atom stereocenters. The van der Waals surface area contributed by atoms with Crippen LogP contribution in [0.25, 0.3) is 0 Å². The van der Waals surface area contributed by atoms with Crippen LogP contribution < -0.4 is 5.73 Å². The van der Waals surface area contributed by atoms with Gasteiger partial charge in [-0.1, -0.05) is 6.07 Å². The van der Waals surface area contributed by atoms with Gasteiger partial charge in [-0.3, -0.25) is 0 Å². The predicted octanol–water partition coefficient (Wildman–Crippen LogP) is 3.75. The van der Waals surface area contributed by atoms with E-state index in [9.17, 15) is 26.3 Å². The van der Waals surface area contributed by atoms with Crippen LogP contribution in [-0.4, -0.2) is 12.1 Å². The highest BCUT2D eigenvalue weighted by atomic mass is 35.5. The summed E-state index contributed by atoms with van der Waals surface area (Å²) < 4.78 is 74.9. The summed E-state index contributed by atoms with van der Waals surface area (Å²) in [7, 11) is 0. The molecule has 1 rings (SSSR count). The fraction of sp³-hybridized carbons (Fsp3) is 0.400. The van der Waals surface area contributed by atoms with Crippen LogP contribution in [0.15, 0.2) is 18.2 Å². The minimum Gasteiger partial charge on any atom is -0.319 e. The van der Waals surface area contributed by atoms with Gasteiger partial charge in [-0.15, -0.1) is 12.4 Å². The summed E-state index contributed by atoms with van der Waals surface area (Å²) in [4.78, 5) is 0. The van der Waals surface area contributed by atoms with E-state index in [4.69, 9.17) is 5.73 Å². The molecule has 0 radical (unpaired) electrons. The highest BCUT2D eigenvalue weighted by Crippen LogP contribution is 2.43. The Hall–Kier alpha value is -0.950. The fourth-order valence-corrected chi connectivity index (χ4v) is 1.32. The fourth-order valence-electron chi connectivity index (χ4n) is 1.32. The Balaban J connectivity index is 0.00000289. The molecule has 0 saturated carbocycles. The molecule has 0 amide bonds. The lowest BCUT2D eigenvalue weighted by Gasteiger charge is -2.26. The van der Waals surface area contributed by atoms with Gasteiger partial charge in [0.05, 0.1) is 0 Å². The van der Waals surface area contributed by atoms with Gasteiger partial charge >= 0.3 is 12.1 Å². The lowest BCUT2D eigenvalue weighted by atomic mass is 9.96. The van der Waals surface area contributed by atoms with Gasteiger partial charge in [-0.05, 0) is 30.2 Å². The van der Waals surface area contributed by atoms with Crippen LogP contribution in [0.3, 0.4) is 0 Å². The van der Waals surface area contributed by atoms with E-state index in [1.807, 2.05) is 0 Å². The second-order valence-corrected chi connectivity index (χ2v) is 3.60. The van der Waals surface area contributed by atoms with E-state index < -0.39 is 29.5 Å². The molecule has 0 bridgehead atoms. The average molecular weight is 294 g/mol. The zero-order valence-electron chi connectivity index (χ0n) is 9.06. The first kappa shape index (κ1) is 17.1. The van der Waals surface area contributed by atoms with Gasteiger partial charge in [0.25, 0.3) is 0 Å². The number of halogens is 7. The quantitative estimate of drug-likeness (QED) is 0.826. The van der Waals surface area contributed by atoms with Crippen molar-refractivity contribution in [1.82, 2.24) is 0 Å². The van der Waals surface area contributed by atoms with E-state index in [0.29, 0.717) is 6.07 Å². The topological polar surface area (TPSA) is 26.0 Å². The van der Waals surface area contributed by atoms with E-state index in [-0.39, 0.29) is 18.0 Å². The molecule has 1 aromatic carbocycles. The first-order valence-corrected chi connectivity index (χ1v) is 4.53. The number of nitrogens with two attached hydrogens (primary N) is 1. The summed E-state index contributed by atoms with van der Waals surface area (Å²) in [6, 6.07) is 0.00619. The Labute approximate surface area is 105 Å². The summed E-state index contributed by atoms with van der Waals surface area (Å²) in [6.45, 7) is 1.28. The summed E-state index contributed by atoms with van der Waals surface area (Å²) >= 11 is 0. The lowest BCUT2D eigenvalue weighted by Crippen LogP contribution is -2.46. The Morgan fingerprint density at radius 3 is 2.06 bits per heavy atom. The van der Waals surface area contributed by atoms with E-state index in [2.05, 4.69) is 0 Å². The van der Waals surface area contributed by atoms with Crippen LogP contribution in [-0.2, 0) is 0 Å². The van der Waals surface area contributed by atoms with Gasteiger partial charge < -0.3 is 5.73 Å². The van der Waals surface area contributed by atoms with Crippen molar-refractivity contribution >= 4 is 12.4 Å². The second kappa shape index (κ2) is 5.36. The van der Waals surface area contributed by atoms with Crippen molar-refractivity contribution in [2.24, 2.45) is 5.73 Å². The summed E-state index contributed by atoms with van der Waals surface area (Å²) in [5.74, 6) is -6.02. The van der Waals surface area contributed by atoms with Crippen molar-refractivity contribution in [3.05, 3.63) is 35.1 Å². The number of rotatable bonds is 2. The third-order valence-electron chi connectivity index (χ3n) is 2.34. The minimum atomic E-state index is -5.77. The SMILES string of the molecule is Cc1ccc(F)cc1[C@H](N)C(F)(F)C(F)(F)F.Cl. The number of hydrogen-bond donors (Lipinski definition) is 1. The molecule has 18 heavy (non-hydrogen) atoms. The number of hydrogen-bond acceptors (Lipinski definition) is 1. The summed E-state index contributed by atoms with van der Waals surface area (Å²) in [5.41, 5.74) is 4.40. The van der Waals surface area contributed by atoms with Crippen LogP contribution in [0.5, 0.6) is 0 Å². The molecule has 0 spiro atoms. The van der Waals surface area contributed by atoms with E-state index in [1.165, 1.54) is 6.92 Å². The van der Waals surface area contributed by atoms with Gasteiger partial charge in [0.2, 0.25) is 0 Å². The molecule has 1 nitrogen and oxygen atoms in total. The lowest BCUT2D eigenvalue weighted by molar-refractivity contribution is -0.291. The highest BCUT2D eigenvalue weighted by Gasteiger charge is 2.61. The Morgan fingerprint density at radius 1 is 1.11 bits per heavy atom. The summed E-state index contributed by atoms with van der Waals surface area (Å²) in [6.07, 6.45) is -5.77. The molecule has 104 valence electrons. The summed E-state index contributed by atoms with van der Waals surface area (Å²) in [5, 5.41) is 0. The molecule has 0 aliphatic rings. The normalized spacial score (nSPS) is 14.0. The highest BCUT2D eigenvalue weighted by molar-refractivity contribution is 5.85. The molecule has 2 N–H and O–H groups in total. The standard InChI is InChI=1S/C10H9F6N.ClH/c1-5-2-3-6(11)4-7(5)8(17)9(12,13)10(14,15)16;/h2-4,8H,17H2,1H3;1H/t8-;/m0./s1. The maximum atomic E-state index is 12.9. The molecular weight excluding hydrogens is 284 g/mol. The third kappa shape index (κ3) is 3.08. The molecule has 8 heteroatoms. The average Bonchev–Trinajstić information content (AvgIpc) is 2.19. The molecule has 0 heterocycles. The molecule has 0 fully saturated rings. The van der Waals surface area contributed by atoms with E-state index in [1.54, 1.807) is 0 Å². The second-order valence-electron chi connectivity index (χ2n) is 3.60. The predicted molar refractivity (Wildman–Crippen MR) is 56.3 cm³/mol. The first-order chi connectivity index (χ1) is 7.57. The van der Waals surface area contributed by atoms with Crippen LogP contribution in [0.1, 0.15) is 17.2 Å². The van der Waals surface area contributed by atoms with Crippen LogP contribution in [0.4, 0.5) is 26.3 Å². The number of alkyl halides is 5. The number of benzene rings is 1. The van der Waals surface area contributed by atoms with Crippen LogP contribution >= 0.6 is 12.4 Å². The molecule has 0 aromatic heterocycles. The first-order valence-electron chi connectivity index (χ1n) is 4.53. The Morgan fingerprint density at radius 2 is 1.61 bits per heavy atom. The molecule has 0 saturated heterocycles. The van der Waals surface area contributed by atoms with Crippen LogP contribution in [0, 0.1) is 12.7 Å². The zero-order valence-corrected chi connectivity index (χ0v) is 9.88. The smallest absolute Gasteiger partial charge is 0.319 e. The van der Waals surface area contributed by atoms with E-state index in [0.717, 1.165) is 12.1 Å². The monoisotopic (exact) mass is 293 g/mol. The van der Waals surface area contributed by atoms with Gasteiger partial charge in [0.15, 0.2) is 0 Å². The van der Waals surface area contributed by atoms with E-state index >= 15 is 0 Å². The van der Waals surface area contributed by atoms with Crippen molar-refractivity contribution < 1.29 is 26.3 Å². The molecule has 1 aromatic rings. The minimum absolute atomic E-state index is 0. The Bertz CT molecular complexity index is 417. The maximum Gasteiger partial charge on any atom is 0.455 e. The van der Waals surface area contributed by atoms with Gasteiger partial charge in [0, 0.05) is 0 Å². The third-order valence-corrected chi connectivity index (χ3v) is 2.34. The van der Waals surface area contributed by atoms with Gasteiger partial charge in [-0.25, -0.2) is 4.39 Å². The number of aryl methyl sites for hydroxylation is 1. The van der Waals surface area contributed by atoms with Crippen molar-refractivity contribution in [2.45, 2.75) is 25.1 Å². The van der Waals surface area contributed by atoms with Crippen molar-refractivity contribution in [2.75, 3.05) is 0 Å². The van der Waals surface area contributed by atoms with Crippen molar-refractivity contribution in [1.29, 1.82) is 0 Å². The van der Waals surface area contributed by atoms with Crippen molar-refractivity contribution in [3.8, 4) is 0 Å². The van der Waals surface area contributed by atoms with Crippen molar-refractivity contribution in [3.63, 3.8) is 0 Å².